The van der Waals surface area contributed by atoms with Crippen LogP contribution in [0, 0.1) is 13.8 Å². The average molecular weight is 548 g/mol. The number of benzene rings is 1. The fraction of sp³-hybridized carbons (Fsp3) is 0.450. The summed E-state index contributed by atoms with van der Waals surface area (Å²) in [5, 5.41) is 7.75. The Morgan fingerprint density at radius 3 is 2.48 bits per heavy atom. The Balaban J connectivity index is 0.00000420. The number of carbonyl (C=O) groups is 1. The summed E-state index contributed by atoms with van der Waals surface area (Å²) in [6, 6.07) is 10.3. The van der Waals surface area contributed by atoms with E-state index >= 15 is 0 Å². The Labute approximate surface area is 199 Å². The average Bonchev–Trinajstić information content (AvgIpc) is 3.00. The molecule has 160 valence electrons. The molecule has 2 N–H and O–H groups in total. The van der Waals surface area contributed by atoms with Crippen LogP contribution in [0.1, 0.15) is 15.6 Å². The zero-order chi connectivity index (χ0) is 20.4. The Kier molecular flexibility index (Phi) is 12.2. The number of nitrogens with zero attached hydrogens (tertiary/aromatic N) is 3. The zero-order valence-electron chi connectivity index (χ0n) is 17.4. The number of likely N-dealkylation sites (N-methyl/N-ethyl adjacent to an activating group) is 1. The van der Waals surface area contributed by atoms with Crippen molar-refractivity contribution in [2.45, 2.75) is 25.2 Å². The van der Waals surface area contributed by atoms with Crippen LogP contribution < -0.4 is 10.6 Å². The molecule has 0 saturated heterocycles. The summed E-state index contributed by atoms with van der Waals surface area (Å²) in [5.41, 5.74) is 1.10. The number of rotatable bonds is 9. The number of thioether (sulfide) groups is 1. The zero-order valence-corrected chi connectivity index (χ0v) is 21.4. The third kappa shape index (κ3) is 9.81. The van der Waals surface area contributed by atoms with E-state index in [0.29, 0.717) is 5.96 Å². The molecule has 0 spiro atoms. The maximum Gasteiger partial charge on any atom is 0.243 e. The molecule has 0 aliphatic carbocycles. The maximum atomic E-state index is 11.8. The molecule has 0 unspecified atom stereocenters. The number of aryl methyl sites for hydroxylation is 2. The largest absolute Gasteiger partial charge is 0.356 e. The lowest BCUT2D eigenvalue weighted by molar-refractivity contribution is -0.127. The van der Waals surface area contributed by atoms with E-state index in [1.54, 1.807) is 42.1 Å². The number of amides is 1. The van der Waals surface area contributed by atoms with E-state index in [9.17, 15) is 4.79 Å². The summed E-state index contributed by atoms with van der Waals surface area (Å²) in [4.78, 5) is 24.9. The molecule has 0 fully saturated rings. The highest BCUT2D eigenvalue weighted by Crippen LogP contribution is 2.16. The van der Waals surface area contributed by atoms with E-state index in [2.05, 4.69) is 39.7 Å². The van der Waals surface area contributed by atoms with Crippen LogP contribution in [0.4, 0.5) is 0 Å². The minimum Gasteiger partial charge on any atom is -0.356 e. The maximum absolute atomic E-state index is 11.8. The van der Waals surface area contributed by atoms with Crippen molar-refractivity contribution in [1.29, 1.82) is 0 Å². The van der Waals surface area contributed by atoms with E-state index in [1.807, 2.05) is 25.1 Å². The van der Waals surface area contributed by atoms with Gasteiger partial charge in [-0.2, -0.15) is 0 Å². The van der Waals surface area contributed by atoms with Gasteiger partial charge in [0.2, 0.25) is 5.91 Å². The van der Waals surface area contributed by atoms with Crippen LogP contribution in [-0.4, -0.2) is 61.2 Å². The van der Waals surface area contributed by atoms with Gasteiger partial charge < -0.3 is 15.5 Å². The molecule has 6 nitrogen and oxygen atoms in total. The third-order valence-corrected chi connectivity index (χ3v) is 6.13. The van der Waals surface area contributed by atoms with E-state index < -0.39 is 0 Å². The minimum absolute atomic E-state index is 0. The first kappa shape index (κ1) is 25.7. The molecule has 0 bridgehead atoms. The SMILES string of the molecule is Cc1nc(CCNC(=NCC(=O)N(C)C)NCCSc2ccccc2)sc1C.I. The summed E-state index contributed by atoms with van der Waals surface area (Å²) in [6.45, 7) is 5.74. The molecule has 0 aliphatic rings. The Morgan fingerprint density at radius 1 is 1.17 bits per heavy atom. The van der Waals surface area contributed by atoms with Crippen LogP contribution >= 0.6 is 47.1 Å². The van der Waals surface area contributed by atoms with Gasteiger partial charge in [-0.3, -0.25) is 4.79 Å². The lowest BCUT2D eigenvalue weighted by Crippen LogP contribution is -2.40. The topological polar surface area (TPSA) is 69.6 Å². The fourth-order valence-corrected chi connectivity index (χ4v) is 3.97. The van der Waals surface area contributed by atoms with Crippen molar-refractivity contribution in [1.82, 2.24) is 20.5 Å². The van der Waals surface area contributed by atoms with Crippen LogP contribution in [0.2, 0.25) is 0 Å². The van der Waals surface area contributed by atoms with E-state index in [1.165, 1.54) is 9.77 Å². The first-order valence-corrected chi connectivity index (χ1v) is 11.1. The standard InChI is InChI=1S/C20H29N5OS2.HI/c1-15-16(2)28-18(24-15)10-11-21-20(23-14-19(26)25(3)4)22-12-13-27-17-8-6-5-7-9-17;/h5-9H,10-14H2,1-4H3,(H2,21,22,23);1H. The normalized spacial score (nSPS) is 11.0. The van der Waals surface area contributed by atoms with Gasteiger partial charge in [-0.1, -0.05) is 18.2 Å². The summed E-state index contributed by atoms with van der Waals surface area (Å²) in [5.74, 6) is 1.55. The number of aromatic nitrogens is 1. The highest BCUT2D eigenvalue weighted by molar-refractivity contribution is 14.0. The molecule has 1 aromatic carbocycles. The van der Waals surface area contributed by atoms with Crippen LogP contribution in [0.3, 0.4) is 0 Å². The first-order valence-electron chi connectivity index (χ1n) is 9.29. The number of hydrogen-bond acceptors (Lipinski definition) is 5. The second kappa shape index (κ2) is 13.8. The number of aliphatic imine (C=N–C) groups is 1. The third-order valence-electron chi connectivity index (χ3n) is 3.98. The molecule has 0 aliphatic heterocycles. The molecule has 0 radical (unpaired) electrons. The molecular weight excluding hydrogens is 517 g/mol. The monoisotopic (exact) mass is 547 g/mol. The van der Waals surface area contributed by atoms with Crippen molar-refractivity contribution < 1.29 is 4.79 Å². The second-order valence-electron chi connectivity index (χ2n) is 6.47. The molecule has 1 amide bonds. The van der Waals surface area contributed by atoms with Gasteiger partial charge in [-0.15, -0.1) is 47.1 Å². The van der Waals surface area contributed by atoms with Crippen LogP contribution in [0.25, 0.3) is 0 Å². The quantitative estimate of drug-likeness (QED) is 0.166. The molecular formula is C20H30IN5OS2. The highest BCUT2D eigenvalue weighted by Gasteiger charge is 2.06. The van der Waals surface area contributed by atoms with Crippen molar-refractivity contribution in [3.8, 4) is 0 Å². The van der Waals surface area contributed by atoms with Crippen molar-refractivity contribution in [2.75, 3.05) is 39.5 Å². The van der Waals surface area contributed by atoms with Crippen LogP contribution in [0.5, 0.6) is 0 Å². The van der Waals surface area contributed by atoms with Crippen molar-refractivity contribution >= 4 is 58.9 Å². The number of hydrogen-bond donors (Lipinski definition) is 2. The molecule has 9 heteroatoms. The number of carbonyl (C=O) groups excluding carboxylic acids is 1. The van der Waals surface area contributed by atoms with Gasteiger partial charge in [0.15, 0.2) is 5.96 Å². The Bertz CT molecular complexity index is 761. The smallest absolute Gasteiger partial charge is 0.243 e. The number of thiazole rings is 1. The van der Waals surface area contributed by atoms with Crippen molar-refractivity contribution in [3.63, 3.8) is 0 Å². The molecule has 29 heavy (non-hydrogen) atoms. The summed E-state index contributed by atoms with van der Waals surface area (Å²) in [7, 11) is 3.48. The number of guanidine groups is 1. The Morgan fingerprint density at radius 2 is 1.86 bits per heavy atom. The summed E-state index contributed by atoms with van der Waals surface area (Å²) < 4.78 is 0. The van der Waals surface area contributed by atoms with Gasteiger partial charge in [0.1, 0.15) is 6.54 Å². The lowest BCUT2D eigenvalue weighted by Gasteiger charge is -2.13. The first-order chi connectivity index (χ1) is 13.5. The molecule has 1 aromatic heterocycles. The molecule has 1 heterocycles. The van der Waals surface area contributed by atoms with Gasteiger partial charge in [0.05, 0.1) is 10.7 Å². The molecule has 2 aromatic rings. The van der Waals surface area contributed by atoms with Gasteiger partial charge in [0, 0.05) is 49.1 Å². The van der Waals surface area contributed by atoms with Crippen LogP contribution in [-0.2, 0) is 11.2 Å². The highest BCUT2D eigenvalue weighted by atomic mass is 127. The summed E-state index contributed by atoms with van der Waals surface area (Å²) >= 11 is 3.52. The molecule has 0 atom stereocenters. The van der Waals surface area contributed by atoms with E-state index in [4.69, 9.17) is 0 Å². The number of nitrogens with one attached hydrogen (secondary N) is 2. The van der Waals surface area contributed by atoms with Gasteiger partial charge >= 0.3 is 0 Å². The number of halogens is 1. The van der Waals surface area contributed by atoms with Crippen LogP contribution in [0.15, 0.2) is 40.2 Å². The Hall–Kier alpha value is -1.33. The van der Waals surface area contributed by atoms with Crippen molar-refractivity contribution in [2.24, 2.45) is 4.99 Å². The van der Waals surface area contributed by atoms with E-state index in [0.717, 1.165) is 36.0 Å². The lowest BCUT2D eigenvalue weighted by atomic mass is 10.4. The van der Waals surface area contributed by atoms with Gasteiger partial charge in [-0.25, -0.2) is 9.98 Å². The minimum atomic E-state index is -0.0223. The predicted molar refractivity (Wildman–Crippen MR) is 135 cm³/mol. The fourth-order valence-electron chi connectivity index (χ4n) is 2.25. The van der Waals surface area contributed by atoms with Crippen molar-refractivity contribution in [3.05, 3.63) is 45.9 Å². The predicted octanol–water partition coefficient (Wildman–Crippen LogP) is 3.34. The van der Waals surface area contributed by atoms with E-state index in [-0.39, 0.29) is 36.4 Å². The molecule has 2 rings (SSSR count). The summed E-state index contributed by atoms with van der Waals surface area (Å²) in [6.07, 6.45) is 0.834. The molecule has 0 saturated carbocycles. The second-order valence-corrected chi connectivity index (χ2v) is 8.92. The van der Waals surface area contributed by atoms with Gasteiger partial charge in [0.25, 0.3) is 0 Å². The van der Waals surface area contributed by atoms with Gasteiger partial charge in [-0.05, 0) is 26.0 Å².